The average molecular weight is 440 g/mol. The quantitative estimate of drug-likeness (QED) is 0.412. The molecule has 1 aliphatic rings. The maximum absolute atomic E-state index is 13.5. The number of nitrogens with one attached hydrogen (secondary N) is 2. The molecule has 2 N–H and O–H groups in total. The smallest absolute Gasteiger partial charge is 0.327 e. The molecule has 0 aliphatic carbocycles. The monoisotopic (exact) mass is 439 g/mol. The highest BCUT2D eigenvalue weighted by Gasteiger charge is 2.28. The van der Waals surface area contributed by atoms with Gasteiger partial charge in [-0.25, -0.2) is 14.8 Å². The fourth-order valence-corrected chi connectivity index (χ4v) is 4.08. The van der Waals surface area contributed by atoms with E-state index in [-0.39, 0.29) is 12.1 Å². The Labute approximate surface area is 192 Å². The summed E-state index contributed by atoms with van der Waals surface area (Å²) in [5.74, 6) is 1.27. The van der Waals surface area contributed by atoms with Crippen LogP contribution in [0.15, 0.2) is 77.7 Å². The van der Waals surface area contributed by atoms with Crippen LogP contribution in [-0.4, -0.2) is 28.6 Å². The van der Waals surface area contributed by atoms with Gasteiger partial charge in [-0.2, -0.15) is 0 Å². The van der Waals surface area contributed by atoms with Crippen LogP contribution in [0.5, 0.6) is 0 Å². The molecular weight excluding hydrogens is 414 g/mol. The van der Waals surface area contributed by atoms with Crippen molar-refractivity contribution >= 4 is 23.2 Å². The lowest BCUT2D eigenvalue weighted by atomic mass is 10.1. The molecular formula is C26H25N5O2. The van der Waals surface area contributed by atoms with E-state index in [0.29, 0.717) is 17.3 Å². The van der Waals surface area contributed by atoms with E-state index in [4.69, 9.17) is 9.40 Å². The van der Waals surface area contributed by atoms with Crippen molar-refractivity contribution in [1.82, 2.24) is 9.97 Å². The largest absolute Gasteiger partial charge is 0.444 e. The highest BCUT2D eigenvalue weighted by molar-refractivity contribution is 6.04. The Balaban J connectivity index is 1.48. The van der Waals surface area contributed by atoms with Gasteiger partial charge in [0.1, 0.15) is 0 Å². The minimum atomic E-state index is -0.226. The zero-order chi connectivity index (χ0) is 22.8. The zero-order valence-corrected chi connectivity index (χ0v) is 18.6. The maximum atomic E-state index is 13.5. The molecule has 7 heteroatoms. The van der Waals surface area contributed by atoms with Crippen molar-refractivity contribution in [2.24, 2.45) is 0 Å². The molecule has 0 radical (unpaired) electrons. The number of rotatable bonds is 3. The number of anilines is 3. The van der Waals surface area contributed by atoms with Gasteiger partial charge < -0.3 is 15.1 Å². The van der Waals surface area contributed by atoms with Gasteiger partial charge in [0.25, 0.3) is 0 Å². The molecule has 166 valence electrons. The van der Waals surface area contributed by atoms with Crippen LogP contribution in [0.3, 0.4) is 0 Å². The number of carbonyl (C=O) groups is 1. The number of urea groups is 1. The summed E-state index contributed by atoms with van der Waals surface area (Å²) in [6, 6.07) is 19.5. The summed E-state index contributed by atoms with van der Waals surface area (Å²) >= 11 is 0. The van der Waals surface area contributed by atoms with Crippen molar-refractivity contribution in [2.45, 2.75) is 26.3 Å². The summed E-state index contributed by atoms with van der Waals surface area (Å²) in [7, 11) is 0. The molecule has 4 aromatic rings. The zero-order valence-electron chi connectivity index (χ0n) is 18.6. The number of aromatic nitrogens is 2. The number of nitrogens with zero attached hydrogens (tertiary/aromatic N) is 3. The van der Waals surface area contributed by atoms with E-state index in [2.05, 4.69) is 34.7 Å². The first-order valence-corrected chi connectivity index (χ1v) is 11.0. The van der Waals surface area contributed by atoms with Crippen LogP contribution in [-0.2, 0) is 0 Å². The highest BCUT2D eigenvalue weighted by atomic mass is 16.3. The summed E-state index contributed by atoms with van der Waals surface area (Å²) in [5.41, 5.74) is 5.39. The number of aryl methyl sites for hydroxylation is 1. The van der Waals surface area contributed by atoms with Gasteiger partial charge in [-0.15, -0.1) is 0 Å². The third kappa shape index (κ3) is 4.30. The van der Waals surface area contributed by atoms with Crippen LogP contribution >= 0.6 is 0 Å². The molecule has 0 saturated carbocycles. The number of carbonyl (C=O) groups excluding carboxylic acids is 1. The van der Waals surface area contributed by atoms with Gasteiger partial charge in [0, 0.05) is 29.4 Å². The number of benzene rings is 2. The number of oxazole rings is 1. The summed E-state index contributed by atoms with van der Waals surface area (Å²) in [6.45, 7) is 4.87. The first kappa shape index (κ1) is 20.8. The first-order chi connectivity index (χ1) is 16.1. The van der Waals surface area contributed by atoms with Crippen LogP contribution in [0.2, 0.25) is 0 Å². The second kappa shape index (κ2) is 8.78. The number of pyridine rings is 1. The molecule has 0 spiro atoms. The van der Waals surface area contributed by atoms with Crippen molar-refractivity contribution in [1.29, 1.82) is 0 Å². The lowest BCUT2D eigenvalue weighted by Crippen LogP contribution is -2.42. The van der Waals surface area contributed by atoms with Crippen molar-refractivity contribution < 1.29 is 9.21 Å². The lowest BCUT2D eigenvalue weighted by molar-refractivity contribution is 0.255. The normalized spacial score (nSPS) is 15.3. The molecule has 7 nitrogen and oxygen atoms in total. The first-order valence-electron chi connectivity index (χ1n) is 11.0. The van der Waals surface area contributed by atoms with Crippen molar-refractivity contribution in [3.8, 4) is 22.6 Å². The fraction of sp³-hybridized carbons (Fsp3) is 0.192. The Bertz CT molecular complexity index is 1290. The van der Waals surface area contributed by atoms with Crippen LogP contribution in [0, 0.1) is 6.92 Å². The van der Waals surface area contributed by atoms with E-state index in [9.17, 15) is 4.79 Å². The molecule has 1 aliphatic heterocycles. The third-order valence-electron chi connectivity index (χ3n) is 5.78. The Morgan fingerprint density at radius 3 is 2.79 bits per heavy atom. The molecule has 2 aromatic heterocycles. The maximum Gasteiger partial charge on any atom is 0.327 e. The van der Waals surface area contributed by atoms with E-state index < -0.39 is 0 Å². The molecule has 2 amide bonds. The number of hydrogen-bond donors (Lipinski definition) is 2. The van der Waals surface area contributed by atoms with E-state index in [1.54, 1.807) is 11.1 Å². The van der Waals surface area contributed by atoms with Gasteiger partial charge >= 0.3 is 6.03 Å². The summed E-state index contributed by atoms with van der Waals surface area (Å²) in [6.07, 6.45) is 3.85. The average Bonchev–Trinajstić information content (AvgIpc) is 3.30. The number of hydrogen-bond acceptors (Lipinski definition) is 5. The van der Waals surface area contributed by atoms with Crippen molar-refractivity contribution in [3.05, 3.63) is 78.8 Å². The SMILES string of the molecule is Cc1cccc(-c2ccc3c(n2)N(C(=O)Nc2cccc(-c4cnco4)c2)[C@H](C)CCN3)c1. The van der Waals surface area contributed by atoms with Gasteiger partial charge in [-0.05, 0) is 50.6 Å². The van der Waals surface area contributed by atoms with Crippen molar-refractivity contribution in [2.75, 3.05) is 22.1 Å². The van der Waals surface area contributed by atoms with Gasteiger partial charge in [0.15, 0.2) is 18.0 Å². The van der Waals surface area contributed by atoms with Gasteiger partial charge in [0.05, 0.1) is 17.6 Å². The summed E-state index contributed by atoms with van der Waals surface area (Å²) in [4.78, 5) is 24.1. The minimum absolute atomic E-state index is 0.0311. The van der Waals surface area contributed by atoms with Crippen LogP contribution in [0.25, 0.3) is 22.6 Å². The Hall–Kier alpha value is -4.13. The Morgan fingerprint density at radius 1 is 1.12 bits per heavy atom. The molecule has 0 bridgehead atoms. The predicted molar refractivity (Wildman–Crippen MR) is 130 cm³/mol. The molecule has 2 aromatic carbocycles. The van der Waals surface area contributed by atoms with Gasteiger partial charge in [0.2, 0.25) is 0 Å². The summed E-state index contributed by atoms with van der Waals surface area (Å²) < 4.78 is 5.39. The Morgan fingerprint density at radius 2 is 1.97 bits per heavy atom. The molecule has 5 rings (SSSR count). The number of fused-ring (bicyclic) bond motifs is 1. The van der Waals surface area contributed by atoms with E-state index in [1.165, 1.54) is 6.39 Å². The fourth-order valence-electron chi connectivity index (χ4n) is 4.08. The van der Waals surface area contributed by atoms with Crippen LogP contribution in [0.1, 0.15) is 18.9 Å². The third-order valence-corrected chi connectivity index (χ3v) is 5.78. The van der Waals surface area contributed by atoms with Crippen LogP contribution in [0.4, 0.5) is 22.0 Å². The standard InChI is InChI=1S/C26H25N5O2/c1-17-5-3-6-19(13-17)22-9-10-23-25(30-22)31(18(2)11-12-28-23)26(32)29-21-8-4-7-20(14-21)24-15-27-16-33-24/h3-10,13-16,18,28H,11-12H2,1-2H3,(H,29,32)/t18-/m1/s1. The van der Waals surface area contributed by atoms with E-state index >= 15 is 0 Å². The Kier molecular flexibility index (Phi) is 5.52. The summed E-state index contributed by atoms with van der Waals surface area (Å²) in [5, 5.41) is 6.46. The second-order valence-electron chi connectivity index (χ2n) is 8.25. The molecule has 33 heavy (non-hydrogen) atoms. The topological polar surface area (TPSA) is 83.3 Å². The van der Waals surface area contributed by atoms with Gasteiger partial charge in [-0.3, -0.25) is 4.90 Å². The molecule has 0 fully saturated rings. The second-order valence-corrected chi connectivity index (χ2v) is 8.25. The van der Waals surface area contributed by atoms with E-state index in [0.717, 1.165) is 41.0 Å². The van der Waals surface area contributed by atoms with E-state index in [1.807, 2.05) is 55.5 Å². The predicted octanol–water partition coefficient (Wildman–Crippen LogP) is 5.95. The molecule has 0 unspecified atom stereocenters. The lowest BCUT2D eigenvalue weighted by Gasteiger charge is -2.27. The minimum Gasteiger partial charge on any atom is -0.444 e. The highest BCUT2D eigenvalue weighted by Crippen LogP contribution is 2.33. The van der Waals surface area contributed by atoms with Crippen LogP contribution < -0.4 is 15.5 Å². The number of amides is 2. The molecule has 0 saturated heterocycles. The molecule has 1 atom stereocenters. The van der Waals surface area contributed by atoms with Crippen molar-refractivity contribution in [3.63, 3.8) is 0 Å². The molecule has 3 heterocycles. The van der Waals surface area contributed by atoms with Gasteiger partial charge in [-0.1, -0.05) is 35.9 Å².